The van der Waals surface area contributed by atoms with E-state index in [1.807, 2.05) is 0 Å². The smallest absolute Gasteiger partial charge is 0.404 e. The molecule has 1 saturated heterocycles. The molecule has 1 heterocycles. The summed E-state index contributed by atoms with van der Waals surface area (Å²) >= 11 is 0. The van der Waals surface area contributed by atoms with Gasteiger partial charge in [0.2, 0.25) is 0 Å². The lowest BCUT2D eigenvalue weighted by atomic mass is 10.0. The Hall–Kier alpha value is -1.83. The maximum Gasteiger partial charge on any atom is 0.404 e. The summed E-state index contributed by atoms with van der Waals surface area (Å²) in [6, 6.07) is 0. The summed E-state index contributed by atoms with van der Waals surface area (Å²) in [5, 5.41) is 0. The predicted molar refractivity (Wildman–Crippen MR) is 61.0 cm³/mol. The van der Waals surface area contributed by atoms with Crippen molar-refractivity contribution in [3.05, 3.63) is 0 Å². The Bertz CT molecular complexity index is 357. The highest BCUT2D eigenvalue weighted by Gasteiger charge is 2.36. The lowest BCUT2D eigenvalue weighted by molar-refractivity contribution is -0.178. The van der Waals surface area contributed by atoms with Crippen LogP contribution in [0.25, 0.3) is 0 Å². The maximum atomic E-state index is 10.9. The predicted octanol–water partition coefficient (Wildman–Crippen LogP) is -0.266. The van der Waals surface area contributed by atoms with Gasteiger partial charge >= 0.3 is 18.0 Å². The van der Waals surface area contributed by atoms with E-state index in [-0.39, 0.29) is 19.6 Å². The molecule has 3 unspecified atom stereocenters. The van der Waals surface area contributed by atoms with Crippen LogP contribution in [0.1, 0.15) is 20.3 Å². The largest absolute Gasteiger partial charge is 0.463 e. The minimum atomic E-state index is -0.963. The molecular formula is C11H17NO7. The van der Waals surface area contributed by atoms with Gasteiger partial charge in [0.25, 0.3) is 0 Å². The SMILES string of the molecule is CC(=O)OCC1CC(OC(N)=O)C(OC(C)=O)CO1. The number of hydrogen-bond donors (Lipinski definition) is 1. The fourth-order valence-corrected chi connectivity index (χ4v) is 1.74. The quantitative estimate of drug-likeness (QED) is 0.555. The van der Waals surface area contributed by atoms with Gasteiger partial charge in [0.05, 0.1) is 12.7 Å². The fraction of sp³-hybridized carbons (Fsp3) is 0.727. The molecule has 0 aromatic carbocycles. The highest BCUT2D eigenvalue weighted by molar-refractivity contribution is 5.67. The summed E-state index contributed by atoms with van der Waals surface area (Å²) in [6.45, 7) is 2.61. The Balaban J connectivity index is 2.56. The molecule has 1 amide bonds. The molecule has 0 aromatic rings. The fourth-order valence-electron chi connectivity index (χ4n) is 1.74. The van der Waals surface area contributed by atoms with Gasteiger partial charge in [-0.2, -0.15) is 0 Å². The second-order valence-corrected chi connectivity index (χ2v) is 4.12. The molecule has 19 heavy (non-hydrogen) atoms. The molecule has 0 radical (unpaired) electrons. The number of carbonyl (C=O) groups excluding carboxylic acids is 3. The monoisotopic (exact) mass is 275 g/mol. The van der Waals surface area contributed by atoms with Crippen LogP contribution in [0.5, 0.6) is 0 Å². The van der Waals surface area contributed by atoms with Crippen LogP contribution in [0.2, 0.25) is 0 Å². The highest BCUT2D eigenvalue weighted by atomic mass is 16.6. The van der Waals surface area contributed by atoms with Crippen molar-refractivity contribution in [3.8, 4) is 0 Å². The van der Waals surface area contributed by atoms with E-state index in [4.69, 9.17) is 24.7 Å². The first-order valence-corrected chi connectivity index (χ1v) is 5.76. The van der Waals surface area contributed by atoms with E-state index in [2.05, 4.69) is 0 Å². The molecule has 0 saturated carbocycles. The number of primary amides is 1. The van der Waals surface area contributed by atoms with Crippen molar-refractivity contribution in [3.63, 3.8) is 0 Å². The minimum Gasteiger partial charge on any atom is -0.463 e. The van der Waals surface area contributed by atoms with E-state index in [1.165, 1.54) is 13.8 Å². The summed E-state index contributed by atoms with van der Waals surface area (Å²) in [5.41, 5.74) is 4.96. The van der Waals surface area contributed by atoms with Gasteiger partial charge in [0.1, 0.15) is 12.7 Å². The van der Waals surface area contributed by atoms with Crippen LogP contribution in [0.3, 0.4) is 0 Å². The van der Waals surface area contributed by atoms with E-state index in [1.54, 1.807) is 0 Å². The third kappa shape index (κ3) is 5.56. The third-order valence-corrected chi connectivity index (χ3v) is 2.46. The van der Waals surface area contributed by atoms with E-state index in [0.29, 0.717) is 0 Å². The Morgan fingerprint density at radius 1 is 1.16 bits per heavy atom. The summed E-state index contributed by atoms with van der Waals surface area (Å²) in [4.78, 5) is 32.4. The van der Waals surface area contributed by atoms with Crippen LogP contribution < -0.4 is 5.73 Å². The summed E-state index contributed by atoms with van der Waals surface area (Å²) in [7, 11) is 0. The topological polar surface area (TPSA) is 114 Å². The number of amides is 1. The van der Waals surface area contributed by atoms with Gasteiger partial charge in [0, 0.05) is 20.3 Å². The van der Waals surface area contributed by atoms with Gasteiger partial charge in [-0.1, -0.05) is 0 Å². The van der Waals surface area contributed by atoms with Gasteiger partial charge in [-0.3, -0.25) is 9.59 Å². The van der Waals surface area contributed by atoms with Crippen LogP contribution in [-0.4, -0.2) is 49.6 Å². The van der Waals surface area contributed by atoms with Crippen LogP contribution in [0, 0.1) is 0 Å². The number of hydrogen-bond acceptors (Lipinski definition) is 7. The minimum absolute atomic E-state index is 0.0424. The molecule has 0 aliphatic carbocycles. The molecule has 2 N–H and O–H groups in total. The molecule has 0 bridgehead atoms. The molecule has 0 aromatic heterocycles. The third-order valence-electron chi connectivity index (χ3n) is 2.46. The second-order valence-electron chi connectivity index (χ2n) is 4.12. The van der Waals surface area contributed by atoms with Crippen molar-refractivity contribution in [2.75, 3.05) is 13.2 Å². The lowest BCUT2D eigenvalue weighted by Crippen LogP contribution is -2.47. The van der Waals surface area contributed by atoms with Gasteiger partial charge in [0.15, 0.2) is 6.10 Å². The van der Waals surface area contributed by atoms with E-state index in [9.17, 15) is 14.4 Å². The average Bonchev–Trinajstić information content (AvgIpc) is 2.28. The van der Waals surface area contributed by atoms with Crippen molar-refractivity contribution in [2.24, 2.45) is 5.73 Å². The van der Waals surface area contributed by atoms with Crippen molar-refractivity contribution in [1.82, 2.24) is 0 Å². The molecular weight excluding hydrogens is 258 g/mol. The molecule has 8 heteroatoms. The van der Waals surface area contributed by atoms with Gasteiger partial charge in [-0.15, -0.1) is 0 Å². The lowest BCUT2D eigenvalue weighted by Gasteiger charge is -2.34. The normalized spacial score (nSPS) is 26.3. The zero-order valence-electron chi connectivity index (χ0n) is 10.8. The number of rotatable bonds is 4. The van der Waals surface area contributed by atoms with Crippen LogP contribution in [0.15, 0.2) is 0 Å². The van der Waals surface area contributed by atoms with Crippen molar-refractivity contribution >= 4 is 18.0 Å². The molecule has 108 valence electrons. The van der Waals surface area contributed by atoms with Crippen molar-refractivity contribution in [1.29, 1.82) is 0 Å². The standard InChI is InChI=1S/C11H17NO7/c1-6(13)16-4-8-3-9(19-11(12)15)10(5-17-8)18-7(2)14/h8-10H,3-5H2,1-2H3,(H2,12,15). The zero-order chi connectivity index (χ0) is 14.4. The molecule has 1 fully saturated rings. The molecule has 1 aliphatic rings. The Morgan fingerprint density at radius 2 is 1.84 bits per heavy atom. The molecule has 0 spiro atoms. The second kappa shape index (κ2) is 6.93. The van der Waals surface area contributed by atoms with E-state index >= 15 is 0 Å². The van der Waals surface area contributed by atoms with Crippen LogP contribution in [-0.2, 0) is 28.5 Å². The highest BCUT2D eigenvalue weighted by Crippen LogP contribution is 2.20. The van der Waals surface area contributed by atoms with Gasteiger partial charge in [-0.25, -0.2) is 4.79 Å². The van der Waals surface area contributed by atoms with E-state index < -0.39 is 36.3 Å². The molecule has 8 nitrogen and oxygen atoms in total. The number of nitrogens with two attached hydrogens (primary N) is 1. The van der Waals surface area contributed by atoms with Crippen molar-refractivity contribution in [2.45, 2.75) is 38.6 Å². The average molecular weight is 275 g/mol. The van der Waals surface area contributed by atoms with E-state index in [0.717, 1.165) is 0 Å². The summed E-state index contributed by atoms with van der Waals surface area (Å²) < 4.78 is 20.0. The Morgan fingerprint density at radius 3 is 2.37 bits per heavy atom. The number of carbonyl (C=O) groups is 3. The van der Waals surface area contributed by atoms with Crippen LogP contribution in [0.4, 0.5) is 4.79 Å². The van der Waals surface area contributed by atoms with Gasteiger partial charge < -0.3 is 24.7 Å². The first kappa shape index (κ1) is 15.2. The molecule has 1 aliphatic heterocycles. The first-order chi connectivity index (χ1) is 8.88. The zero-order valence-corrected chi connectivity index (χ0v) is 10.8. The van der Waals surface area contributed by atoms with Gasteiger partial charge in [-0.05, 0) is 0 Å². The molecule has 3 atom stereocenters. The Kier molecular flexibility index (Phi) is 5.56. The number of esters is 2. The number of ether oxygens (including phenoxy) is 4. The summed E-state index contributed by atoms with van der Waals surface area (Å²) in [6.07, 6.45) is -2.58. The first-order valence-electron chi connectivity index (χ1n) is 5.76. The Labute approximate surface area is 110 Å². The van der Waals surface area contributed by atoms with Crippen molar-refractivity contribution < 1.29 is 33.3 Å². The maximum absolute atomic E-state index is 10.9. The molecule has 1 rings (SSSR count). The summed E-state index contributed by atoms with van der Waals surface area (Å²) in [5.74, 6) is -0.941. The van der Waals surface area contributed by atoms with Crippen LogP contribution >= 0.6 is 0 Å².